The number of methoxy groups -OCH3 is 1. The van der Waals surface area contributed by atoms with Crippen molar-refractivity contribution in [2.24, 2.45) is 0 Å². The summed E-state index contributed by atoms with van der Waals surface area (Å²) in [5.74, 6) is -1.67. The van der Waals surface area contributed by atoms with E-state index in [2.05, 4.69) is 9.72 Å². The molecular weight excluding hydrogens is 227 g/mol. The van der Waals surface area contributed by atoms with Crippen LogP contribution in [0.1, 0.15) is 11.3 Å². The molecule has 4 nitrogen and oxygen atoms in total. The number of ether oxygens (including phenoxy) is 1. The second-order valence-corrected chi connectivity index (χ2v) is 2.94. The van der Waals surface area contributed by atoms with Gasteiger partial charge in [-0.15, -0.1) is 0 Å². The molecule has 0 amide bonds. The van der Waals surface area contributed by atoms with E-state index >= 15 is 0 Å². The molecule has 1 N–H and O–H groups in total. The van der Waals surface area contributed by atoms with Crippen molar-refractivity contribution in [2.45, 2.75) is 12.6 Å². The Morgan fingerprint density at radius 3 is 2.62 bits per heavy atom. The number of hydrogen-bond donors (Lipinski definition) is 1. The lowest BCUT2D eigenvalue weighted by molar-refractivity contribution is -0.139. The van der Waals surface area contributed by atoms with Gasteiger partial charge < -0.3 is 9.84 Å². The second-order valence-electron chi connectivity index (χ2n) is 2.94. The summed E-state index contributed by atoms with van der Waals surface area (Å²) in [7, 11) is 1.09. The van der Waals surface area contributed by atoms with E-state index in [1.165, 1.54) is 0 Å². The van der Waals surface area contributed by atoms with Crippen LogP contribution in [-0.2, 0) is 17.4 Å². The van der Waals surface area contributed by atoms with Crippen LogP contribution < -0.4 is 4.74 Å². The Kier molecular flexibility index (Phi) is 3.36. The molecule has 0 fully saturated rings. The molecule has 0 unspecified atom stereocenters. The van der Waals surface area contributed by atoms with E-state index in [4.69, 9.17) is 5.11 Å². The van der Waals surface area contributed by atoms with E-state index in [1.807, 2.05) is 0 Å². The maximum Gasteiger partial charge on any atom is 0.420 e. The molecule has 0 aliphatic carbocycles. The van der Waals surface area contributed by atoms with Gasteiger partial charge in [0.25, 0.3) is 0 Å². The van der Waals surface area contributed by atoms with Crippen LogP contribution in [0.2, 0.25) is 0 Å². The maximum absolute atomic E-state index is 12.5. The van der Waals surface area contributed by atoms with Crippen LogP contribution in [0, 0.1) is 0 Å². The average molecular weight is 235 g/mol. The first-order chi connectivity index (χ1) is 7.34. The molecule has 1 heterocycles. The molecule has 0 aliphatic rings. The predicted molar refractivity (Wildman–Crippen MR) is 47.1 cm³/mol. The Hall–Kier alpha value is -1.79. The zero-order chi connectivity index (χ0) is 12.3. The third-order valence-electron chi connectivity index (χ3n) is 1.78. The Morgan fingerprint density at radius 2 is 2.19 bits per heavy atom. The van der Waals surface area contributed by atoms with Gasteiger partial charge in [-0.2, -0.15) is 13.2 Å². The lowest BCUT2D eigenvalue weighted by Crippen LogP contribution is -2.11. The molecule has 1 aromatic heterocycles. The third-order valence-corrected chi connectivity index (χ3v) is 1.78. The van der Waals surface area contributed by atoms with Gasteiger partial charge in [-0.3, -0.25) is 9.78 Å². The molecule has 16 heavy (non-hydrogen) atoms. The molecule has 1 aromatic rings. The van der Waals surface area contributed by atoms with Crippen molar-refractivity contribution < 1.29 is 27.8 Å². The van der Waals surface area contributed by atoms with Gasteiger partial charge in [-0.1, -0.05) is 0 Å². The van der Waals surface area contributed by atoms with Gasteiger partial charge in [-0.25, -0.2) is 0 Å². The molecule has 88 valence electrons. The maximum atomic E-state index is 12.5. The van der Waals surface area contributed by atoms with Crippen molar-refractivity contribution in [1.29, 1.82) is 0 Å². The Balaban J connectivity index is 3.16. The van der Waals surface area contributed by atoms with E-state index in [1.54, 1.807) is 0 Å². The minimum Gasteiger partial charge on any atom is -0.495 e. The summed E-state index contributed by atoms with van der Waals surface area (Å²) < 4.78 is 42.0. The number of aliphatic carboxylic acids is 1. The van der Waals surface area contributed by atoms with E-state index in [0.717, 1.165) is 13.3 Å². The summed E-state index contributed by atoms with van der Waals surface area (Å²) in [5, 5.41) is 8.43. The van der Waals surface area contributed by atoms with Crippen LogP contribution in [0.3, 0.4) is 0 Å². The highest BCUT2D eigenvalue weighted by atomic mass is 19.4. The molecule has 7 heteroatoms. The predicted octanol–water partition coefficient (Wildman–Crippen LogP) is 1.74. The smallest absolute Gasteiger partial charge is 0.420 e. The normalized spacial score (nSPS) is 11.2. The molecule has 0 aromatic carbocycles. The van der Waals surface area contributed by atoms with Crippen LogP contribution in [0.15, 0.2) is 12.3 Å². The summed E-state index contributed by atoms with van der Waals surface area (Å²) in [4.78, 5) is 13.9. The number of hydrogen-bond acceptors (Lipinski definition) is 3. The fourth-order valence-electron chi connectivity index (χ4n) is 1.12. The minimum absolute atomic E-state index is 0.166. The van der Waals surface area contributed by atoms with Crippen molar-refractivity contribution in [1.82, 2.24) is 4.98 Å². The summed E-state index contributed by atoms with van der Waals surface area (Å²) in [6.07, 6.45) is -4.30. The van der Waals surface area contributed by atoms with E-state index < -0.39 is 29.9 Å². The summed E-state index contributed by atoms with van der Waals surface area (Å²) in [6.45, 7) is 0. The highest BCUT2D eigenvalue weighted by molar-refractivity contribution is 5.69. The highest BCUT2D eigenvalue weighted by Crippen LogP contribution is 2.35. The lowest BCUT2D eigenvalue weighted by atomic mass is 10.1. The monoisotopic (exact) mass is 235 g/mol. The van der Waals surface area contributed by atoms with E-state index in [9.17, 15) is 18.0 Å². The molecule has 0 spiro atoms. The van der Waals surface area contributed by atoms with Crippen LogP contribution in [0.5, 0.6) is 5.75 Å². The van der Waals surface area contributed by atoms with Gasteiger partial charge in [-0.05, 0) is 6.07 Å². The summed E-state index contributed by atoms with van der Waals surface area (Å²) in [5.41, 5.74) is -1.19. The summed E-state index contributed by atoms with van der Waals surface area (Å²) in [6, 6.07) is 0.674. The lowest BCUT2D eigenvalue weighted by Gasteiger charge is -2.12. The van der Waals surface area contributed by atoms with Crippen molar-refractivity contribution in [2.75, 3.05) is 7.11 Å². The topological polar surface area (TPSA) is 59.4 Å². The second kappa shape index (κ2) is 4.38. The average Bonchev–Trinajstić information content (AvgIpc) is 2.15. The van der Waals surface area contributed by atoms with Crippen molar-refractivity contribution in [3.63, 3.8) is 0 Å². The molecule has 0 atom stereocenters. The summed E-state index contributed by atoms with van der Waals surface area (Å²) >= 11 is 0. The number of pyridine rings is 1. The molecule has 0 radical (unpaired) electrons. The van der Waals surface area contributed by atoms with Gasteiger partial charge in [0.05, 0.1) is 25.4 Å². The Bertz CT molecular complexity index is 403. The largest absolute Gasteiger partial charge is 0.495 e. The number of aromatic nitrogens is 1. The van der Waals surface area contributed by atoms with Gasteiger partial charge in [0.1, 0.15) is 11.3 Å². The molecular formula is C9H8F3NO3. The zero-order valence-electron chi connectivity index (χ0n) is 8.21. The molecule has 1 rings (SSSR count). The third kappa shape index (κ3) is 2.85. The molecule has 0 bridgehead atoms. The van der Waals surface area contributed by atoms with Crippen LogP contribution >= 0.6 is 0 Å². The van der Waals surface area contributed by atoms with Gasteiger partial charge in [0, 0.05) is 0 Å². The quantitative estimate of drug-likeness (QED) is 0.866. The first kappa shape index (κ1) is 12.3. The first-order valence-electron chi connectivity index (χ1n) is 4.16. The molecule has 0 saturated carbocycles. The number of alkyl halides is 3. The van der Waals surface area contributed by atoms with Gasteiger partial charge in [0.2, 0.25) is 0 Å². The van der Waals surface area contributed by atoms with Crippen LogP contribution in [0.4, 0.5) is 13.2 Å². The fraction of sp³-hybridized carbons (Fsp3) is 0.333. The highest BCUT2D eigenvalue weighted by Gasteiger charge is 2.35. The number of carboxylic acids is 1. The Morgan fingerprint density at radius 1 is 1.56 bits per heavy atom. The first-order valence-corrected chi connectivity index (χ1v) is 4.16. The van der Waals surface area contributed by atoms with Crippen molar-refractivity contribution in [3.8, 4) is 5.75 Å². The van der Waals surface area contributed by atoms with Crippen molar-refractivity contribution >= 4 is 5.97 Å². The number of carbonyl (C=O) groups is 1. The number of halogens is 3. The molecule has 0 saturated heterocycles. The van der Waals surface area contributed by atoms with E-state index in [0.29, 0.717) is 6.07 Å². The minimum atomic E-state index is -4.60. The standard InChI is InChI=1S/C9H8F3NO3/c1-16-7-4-13-5(3-8(14)15)2-6(7)9(10,11)12/h2,4H,3H2,1H3,(H,14,15). The fourth-order valence-corrected chi connectivity index (χ4v) is 1.12. The van der Waals surface area contributed by atoms with Gasteiger partial charge in [0.15, 0.2) is 0 Å². The SMILES string of the molecule is COc1cnc(CC(=O)O)cc1C(F)(F)F. The van der Waals surface area contributed by atoms with Crippen LogP contribution in [0.25, 0.3) is 0 Å². The van der Waals surface area contributed by atoms with Crippen molar-refractivity contribution in [3.05, 3.63) is 23.5 Å². The number of nitrogens with zero attached hydrogens (tertiary/aromatic N) is 1. The zero-order valence-corrected chi connectivity index (χ0v) is 8.21. The van der Waals surface area contributed by atoms with Gasteiger partial charge >= 0.3 is 12.1 Å². The number of carboxylic acid groups (broad SMARTS) is 1. The van der Waals surface area contributed by atoms with Crippen LogP contribution in [-0.4, -0.2) is 23.2 Å². The molecule has 0 aliphatic heterocycles. The Labute approximate surface area is 88.7 Å². The number of rotatable bonds is 3. The van der Waals surface area contributed by atoms with E-state index in [-0.39, 0.29) is 5.69 Å².